The van der Waals surface area contributed by atoms with E-state index in [0.29, 0.717) is 40.6 Å². The highest BCUT2D eigenvalue weighted by Gasteiger charge is 2.21. The van der Waals surface area contributed by atoms with Crippen LogP contribution in [-0.4, -0.2) is 66.2 Å². The zero-order chi connectivity index (χ0) is 22.7. The highest BCUT2D eigenvalue weighted by atomic mass is 32.2. The number of piperidine rings is 1. The minimum atomic E-state index is -2.94. The number of rotatable bonds is 8. The summed E-state index contributed by atoms with van der Waals surface area (Å²) in [6, 6.07) is 3.52. The molecule has 2 aromatic rings. The summed E-state index contributed by atoms with van der Waals surface area (Å²) in [5.74, 6) is 0.768. The Hall–Kier alpha value is -1.65. The van der Waals surface area contributed by atoms with Gasteiger partial charge < -0.3 is 15.2 Å². The van der Waals surface area contributed by atoms with Crippen molar-refractivity contribution in [1.29, 1.82) is 0 Å². The van der Waals surface area contributed by atoms with Crippen LogP contribution < -0.4 is 10.9 Å². The van der Waals surface area contributed by atoms with Gasteiger partial charge in [-0.1, -0.05) is 12.8 Å². The molecule has 2 N–H and O–H groups in total. The average molecular weight is 483 g/mol. The molecule has 0 amide bonds. The molecule has 2 aliphatic rings. The molecule has 7 nitrogen and oxygen atoms in total. The zero-order valence-electron chi connectivity index (χ0n) is 18.4. The van der Waals surface area contributed by atoms with Gasteiger partial charge >= 0.3 is 0 Å². The summed E-state index contributed by atoms with van der Waals surface area (Å²) in [6.45, 7) is 2.32. The quantitative estimate of drug-likeness (QED) is 0.597. The lowest BCUT2D eigenvalue weighted by Gasteiger charge is -2.31. The molecule has 0 unspecified atom stereocenters. The monoisotopic (exact) mass is 482 g/mol. The SMILES string of the molecule is CS(=O)(=O)CCN1CCC(SCc2nc3cc(NC4CCCC4)cc(F)c3c(=O)[nH]2)CC1. The fourth-order valence-corrected chi connectivity index (χ4v) is 6.19. The van der Waals surface area contributed by atoms with E-state index in [1.807, 2.05) is 0 Å². The number of anilines is 1. The van der Waals surface area contributed by atoms with E-state index in [-0.39, 0.29) is 11.1 Å². The van der Waals surface area contributed by atoms with Crippen LogP contribution in [0.2, 0.25) is 0 Å². The normalized spacial score (nSPS) is 19.1. The number of benzene rings is 1. The third kappa shape index (κ3) is 6.23. The second-order valence-electron chi connectivity index (χ2n) is 8.97. The third-order valence-electron chi connectivity index (χ3n) is 6.30. The molecule has 1 saturated carbocycles. The van der Waals surface area contributed by atoms with Crippen LogP contribution in [-0.2, 0) is 15.6 Å². The number of nitrogens with one attached hydrogen (secondary N) is 2. The number of aromatic amines is 1. The van der Waals surface area contributed by atoms with Crippen molar-refractivity contribution in [3.8, 4) is 0 Å². The van der Waals surface area contributed by atoms with Gasteiger partial charge in [0.15, 0.2) is 0 Å². The Morgan fingerprint density at radius 1 is 1.22 bits per heavy atom. The number of fused-ring (bicyclic) bond motifs is 1. The summed E-state index contributed by atoms with van der Waals surface area (Å²) >= 11 is 1.74. The Morgan fingerprint density at radius 3 is 2.62 bits per heavy atom. The molecule has 1 saturated heterocycles. The van der Waals surface area contributed by atoms with E-state index in [2.05, 4.69) is 20.2 Å². The van der Waals surface area contributed by atoms with Gasteiger partial charge in [0.05, 0.1) is 17.0 Å². The Balaban J connectivity index is 1.37. The number of hydrogen-bond donors (Lipinski definition) is 2. The second-order valence-corrected chi connectivity index (χ2v) is 12.5. The van der Waals surface area contributed by atoms with E-state index < -0.39 is 21.2 Å². The van der Waals surface area contributed by atoms with Gasteiger partial charge in [-0.15, -0.1) is 0 Å². The Labute approximate surface area is 192 Å². The van der Waals surface area contributed by atoms with Crippen molar-refractivity contribution in [2.45, 2.75) is 55.6 Å². The molecule has 2 fully saturated rings. The maximum Gasteiger partial charge on any atom is 0.261 e. The van der Waals surface area contributed by atoms with Crippen molar-refractivity contribution in [2.24, 2.45) is 0 Å². The molecule has 1 aliphatic heterocycles. The molecule has 1 aliphatic carbocycles. The molecular weight excluding hydrogens is 451 g/mol. The second kappa shape index (κ2) is 10.1. The number of nitrogens with zero attached hydrogens (tertiary/aromatic N) is 2. The van der Waals surface area contributed by atoms with Crippen molar-refractivity contribution >= 4 is 38.2 Å². The van der Waals surface area contributed by atoms with Crippen molar-refractivity contribution in [2.75, 3.05) is 37.0 Å². The van der Waals surface area contributed by atoms with Crippen LogP contribution in [0.1, 0.15) is 44.3 Å². The van der Waals surface area contributed by atoms with Gasteiger partial charge in [0.25, 0.3) is 5.56 Å². The van der Waals surface area contributed by atoms with Gasteiger partial charge in [-0.25, -0.2) is 17.8 Å². The standard InChI is InChI=1S/C22H31FN4O3S2/c1-32(29,30)11-10-27-8-6-17(7-9-27)31-14-20-25-19-13-16(24-15-4-2-3-5-15)12-18(23)21(19)22(28)26-20/h12-13,15,17,24H,2-11,14H2,1H3,(H,25,26,28). The fourth-order valence-electron chi connectivity index (χ4n) is 4.52. The molecule has 2 heterocycles. The van der Waals surface area contributed by atoms with Crippen LogP contribution >= 0.6 is 11.8 Å². The Bertz CT molecular complexity index is 1110. The topological polar surface area (TPSA) is 95.2 Å². The largest absolute Gasteiger partial charge is 0.382 e. The predicted octanol–water partition coefficient (Wildman–Crippen LogP) is 3.16. The van der Waals surface area contributed by atoms with E-state index in [1.54, 1.807) is 17.8 Å². The summed E-state index contributed by atoms with van der Waals surface area (Å²) in [5.41, 5.74) is 0.631. The molecule has 4 rings (SSSR count). The first-order valence-corrected chi connectivity index (χ1v) is 14.4. The third-order valence-corrected chi connectivity index (χ3v) is 8.61. The molecule has 1 aromatic carbocycles. The minimum Gasteiger partial charge on any atom is -0.382 e. The smallest absolute Gasteiger partial charge is 0.261 e. The average Bonchev–Trinajstić information content (AvgIpc) is 3.23. The van der Waals surface area contributed by atoms with E-state index in [1.165, 1.54) is 25.2 Å². The van der Waals surface area contributed by atoms with Crippen LogP contribution in [0.3, 0.4) is 0 Å². The number of hydrogen-bond acceptors (Lipinski definition) is 7. The van der Waals surface area contributed by atoms with Gasteiger partial charge in [0, 0.05) is 29.8 Å². The van der Waals surface area contributed by atoms with Crippen LogP contribution in [0.15, 0.2) is 16.9 Å². The van der Waals surface area contributed by atoms with Crippen molar-refractivity contribution < 1.29 is 12.8 Å². The Morgan fingerprint density at radius 2 is 1.94 bits per heavy atom. The summed E-state index contributed by atoms with van der Waals surface area (Å²) < 4.78 is 37.3. The number of aromatic nitrogens is 2. The lowest BCUT2D eigenvalue weighted by Crippen LogP contribution is -2.37. The van der Waals surface area contributed by atoms with E-state index >= 15 is 0 Å². The van der Waals surface area contributed by atoms with Gasteiger partial charge in [-0.3, -0.25) is 4.79 Å². The van der Waals surface area contributed by atoms with Crippen LogP contribution in [0.4, 0.5) is 10.1 Å². The highest BCUT2D eigenvalue weighted by Crippen LogP contribution is 2.27. The molecule has 0 radical (unpaired) electrons. The van der Waals surface area contributed by atoms with Gasteiger partial charge in [-0.2, -0.15) is 11.8 Å². The lowest BCUT2D eigenvalue weighted by atomic mass is 10.1. The van der Waals surface area contributed by atoms with Crippen LogP contribution in [0.25, 0.3) is 10.9 Å². The minimum absolute atomic E-state index is 0.00917. The first-order chi connectivity index (χ1) is 15.3. The number of thioether (sulfide) groups is 1. The van der Waals surface area contributed by atoms with Gasteiger partial charge in [0.1, 0.15) is 26.9 Å². The van der Waals surface area contributed by atoms with E-state index in [4.69, 9.17) is 0 Å². The van der Waals surface area contributed by atoms with Crippen LogP contribution in [0, 0.1) is 5.82 Å². The molecule has 0 atom stereocenters. The van der Waals surface area contributed by atoms with Gasteiger partial charge in [0.2, 0.25) is 0 Å². The Kier molecular flexibility index (Phi) is 7.41. The summed E-state index contributed by atoms with van der Waals surface area (Å²) in [4.78, 5) is 22.0. The van der Waals surface area contributed by atoms with Gasteiger partial charge in [-0.05, 0) is 50.9 Å². The molecule has 10 heteroatoms. The van der Waals surface area contributed by atoms with Crippen molar-refractivity contribution in [3.63, 3.8) is 0 Å². The number of halogens is 1. The molecule has 0 spiro atoms. The summed E-state index contributed by atoms with van der Waals surface area (Å²) in [7, 11) is -2.94. The molecule has 0 bridgehead atoms. The fraction of sp³-hybridized carbons (Fsp3) is 0.636. The van der Waals surface area contributed by atoms with Crippen LogP contribution in [0.5, 0.6) is 0 Å². The summed E-state index contributed by atoms with van der Waals surface area (Å²) in [6.07, 6.45) is 7.74. The molecule has 1 aromatic heterocycles. The first-order valence-electron chi connectivity index (χ1n) is 11.3. The molecular formula is C22H31FN4O3S2. The highest BCUT2D eigenvalue weighted by molar-refractivity contribution is 7.99. The predicted molar refractivity (Wildman–Crippen MR) is 129 cm³/mol. The zero-order valence-corrected chi connectivity index (χ0v) is 20.0. The molecule has 176 valence electrons. The van der Waals surface area contributed by atoms with Crippen molar-refractivity contribution in [1.82, 2.24) is 14.9 Å². The van der Waals surface area contributed by atoms with E-state index in [9.17, 15) is 17.6 Å². The van der Waals surface area contributed by atoms with Crippen molar-refractivity contribution in [3.05, 3.63) is 34.1 Å². The lowest BCUT2D eigenvalue weighted by molar-refractivity contribution is 0.245. The molecule has 32 heavy (non-hydrogen) atoms. The summed E-state index contributed by atoms with van der Waals surface area (Å²) in [5, 5.41) is 3.82. The number of H-pyrrole nitrogens is 1. The van der Waals surface area contributed by atoms with E-state index in [0.717, 1.165) is 38.8 Å². The number of sulfone groups is 1. The first kappa shape index (κ1) is 23.5. The maximum atomic E-state index is 14.6. The number of likely N-dealkylation sites (tertiary alicyclic amines) is 1. The maximum absolute atomic E-state index is 14.6.